The minimum Gasteiger partial charge on any atom is -0.273 e. The first-order chi connectivity index (χ1) is 13.2. The molecule has 4 nitrogen and oxygen atoms in total. The van der Waals surface area contributed by atoms with Gasteiger partial charge in [0, 0.05) is 11.0 Å². The molecule has 27 heavy (non-hydrogen) atoms. The number of carbonyl (C=O) groups is 2. The van der Waals surface area contributed by atoms with E-state index in [1.807, 2.05) is 73.0 Å². The molecule has 0 spiro atoms. The average Bonchev–Trinajstić information content (AvgIpc) is 2.71. The molecule has 0 fully saturated rings. The molecule has 0 unspecified atom stereocenters. The molecule has 0 aliphatic carbocycles. The van der Waals surface area contributed by atoms with Crippen LogP contribution in [0.3, 0.4) is 0 Å². The van der Waals surface area contributed by atoms with Crippen molar-refractivity contribution in [2.24, 2.45) is 0 Å². The molecule has 3 rings (SSSR count). The highest BCUT2D eigenvalue weighted by molar-refractivity contribution is 7.98. The van der Waals surface area contributed by atoms with Gasteiger partial charge in [0.05, 0.1) is 6.42 Å². The number of amides is 2. The van der Waals surface area contributed by atoms with Crippen molar-refractivity contribution in [1.29, 1.82) is 0 Å². The van der Waals surface area contributed by atoms with Crippen LogP contribution in [0.25, 0.3) is 16.8 Å². The summed E-state index contributed by atoms with van der Waals surface area (Å²) in [5.41, 5.74) is 6.71. The standard InChI is InChI=1S/C22H20N2O2S/c1-27-19-12-9-16(10-13-19)11-14-21(25)23-24-22(26)15-18-7-4-6-17-5-2-3-8-20(17)18/h2-14H,15H2,1H3,(H,23,25)(H,24,26)/b14-11+. The summed E-state index contributed by atoms with van der Waals surface area (Å²) in [5.74, 6) is -0.646. The van der Waals surface area contributed by atoms with Gasteiger partial charge < -0.3 is 0 Å². The van der Waals surface area contributed by atoms with Gasteiger partial charge in [0.2, 0.25) is 5.91 Å². The van der Waals surface area contributed by atoms with E-state index in [-0.39, 0.29) is 18.2 Å². The van der Waals surface area contributed by atoms with Gasteiger partial charge in [-0.1, -0.05) is 54.6 Å². The van der Waals surface area contributed by atoms with Crippen LogP contribution in [0, 0.1) is 0 Å². The van der Waals surface area contributed by atoms with Crippen molar-refractivity contribution in [2.45, 2.75) is 11.3 Å². The van der Waals surface area contributed by atoms with E-state index in [2.05, 4.69) is 10.9 Å². The average molecular weight is 376 g/mol. The normalized spacial score (nSPS) is 10.9. The van der Waals surface area contributed by atoms with Crippen LogP contribution in [-0.2, 0) is 16.0 Å². The third-order valence-electron chi connectivity index (χ3n) is 4.10. The zero-order valence-electron chi connectivity index (χ0n) is 14.9. The summed E-state index contributed by atoms with van der Waals surface area (Å²) < 4.78 is 0. The maximum absolute atomic E-state index is 12.2. The van der Waals surface area contributed by atoms with Crippen LogP contribution < -0.4 is 10.9 Å². The van der Waals surface area contributed by atoms with Crippen molar-refractivity contribution in [1.82, 2.24) is 10.9 Å². The molecule has 2 N–H and O–H groups in total. The van der Waals surface area contributed by atoms with E-state index >= 15 is 0 Å². The number of hydrogen-bond donors (Lipinski definition) is 2. The molecule has 0 saturated heterocycles. The van der Waals surface area contributed by atoms with Gasteiger partial charge in [0.15, 0.2) is 0 Å². The lowest BCUT2D eigenvalue weighted by molar-refractivity contribution is -0.126. The predicted molar refractivity (Wildman–Crippen MR) is 111 cm³/mol. The number of thioether (sulfide) groups is 1. The summed E-state index contributed by atoms with van der Waals surface area (Å²) in [6.07, 6.45) is 5.31. The first-order valence-electron chi connectivity index (χ1n) is 8.53. The Morgan fingerprint density at radius 1 is 0.926 bits per heavy atom. The van der Waals surface area contributed by atoms with Gasteiger partial charge in [-0.3, -0.25) is 20.4 Å². The fourth-order valence-corrected chi connectivity index (χ4v) is 3.13. The molecule has 136 valence electrons. The second-order valence-electron chi connectivity index (χ2n) is 5.96. The molecule has 0 bridgehead atoms. The minimum atomic E-state index is -0.379. The third kappa shape index (κ3) is 5.21. The van der Waals surface area contributed by atoms with Gasteiger partial charge >= 0.3 is 0 Å². The molecule has 0 radical (unpaired) electrons. The first kappa shape index (κ1) is 18.7. The molecular weight excluding hydrogens is 356 g/mol. The maximum atomic E-state index is 12.2. The van der Waals surface area contributed by atoms with E-state index < -0.39 is 0 Å². The zero-order chi connectivity index (χ0) is 19.1. The monoisotopic (exact) mass is 376 g/mol. The SMILES string of the molecule is CSc1ccc(/C=C/C(=O)NNC(=O)Cc2cccc3ccccc23)cc1. The van der Waals surface area contributed by atoms with Crippen LogP contribution in [0.1, 0.15) is 11.1 Å². The first-order valence-corrected chi connectivity index (χ1v) is 9.76. The van der Waals surface area contributed by atoms with Crippen LogP contribution in [-0.4, -0.2) is 18.1 Å². The Morgan fingerprint density at radius 3 is 2.44 bits per heavy atom. The van der Waals surface area contributed by atoms with E-state index in [9.17, 15) is 9.59 Å². The van der Waals surface area contributed by atoms with Crippen molar-refractivity contribution < 1.29 is 9.59 Å². The number of rotatable bonds is 5. The molecular formula is C22H20N2O2S. The minimum absolute atomic E-state index is 0.196. The largest absolute Gasteiger partial charge is 0.273 e. The van der Waals surface area contributed by atoms with Crippen molar-refractivity contribution in [3.63, 3.8) is 0 Å². The third-order valence-corrected chi connectivity index (χ3v) is 4.84. The van der Waals surface area contributed by atoms with Crippen molar-refractivity contribution in [3.05, 3.63) is 83.9 Å². The Labute approximate surface area is 162 Å². The van der Waals surface area contributed by atoms with Gasteiger partial charge in [-0.2, -0.15) is 0 Å². The second-order valence-corrected chi connectivity index (χ2v) is 6.84. The molecule has 0 aliphatic heterocycles. The zero-order valence-corrected chi connectivity index (χ0v) is 15.8. The number of hydrogen-bond acceptors (Lipinski definition) is 3. The Bertz CT molecular complexity index is 976. The van der Waals surface area contributed by atoms with Crippen LogP contribution >= 0.6 is 11.8 Å². The number of carbonyl (C=O) groups excluding carboxylic acids is 2. The molecule has 0 aliphatic rings. The lowest BCUT2D eigenvalue weighted by atomic mass is 10.0. The smallest absolute Gasteiger partial charge is 0.262 e. The van der Waals surface area contributed by atoms with E-state index in [4.69, 9.17) is 0 Å². The van der Waals surface area contributed by atoms with Crippen molar-refractivity contribution in [3.8, 4) is 0 Å². The summed E-state index contributed by atoms with van der Waals surface area (Å²) in [6, 6.07) is 21.6. The van der Waals surface area contributed by atoms with Crippen LogP contribution in [0.5, 0.6) is 0 Å². The summed E-state index contributed by atoms with van der Waals surface area (Å²) >= 11 is 1.66. The van der Waals surface area contributed by atoms with Gasteiger partial charge in [-0.25, -0.2) is 0 Å². The van der Waals surface area contributed by atoms with E-state index in [0.717, 1.165) is 26.8 Å². The Balaban J connectivity index is 1.53. The number of fused-ring (bicyclic) bond motifs is 1. The second kappa shape index (κ2) is 9.05. The molecule has 0 aromatic heterocycles. The van der Waals surface area contributed by atoms with Crippen molar-refractivity contribution >= 4 is 40.4 Å². The molecule has 0 saturated carbocycles. The molecule has 2 amide bonds. The lowest BCUT2D eigenvalue weighted by Gasteiger charge is -2.08. The Morgan fingerprint density at radius 2 is 1.67 bits per heavy atom. The highest BCUT2D eigenvalue weighted by Crippen LogP contribution is 2.18. The van der Waals surface area contributed by atoms with Gasteiger partial charge in [0.1, 0.15) is 0 Å². The molecule has 3 aromatic rings. The fourth-order valence-electron chi connectivity index (χ4n) is 2.72. The topological polar surface area (TPSA) is 58.2 Å². The van der Waals surface area contributed by atoms with E-state index in [0.29, 0.717) is 0 Å². The number of benzene rings is 3. The fraction of sp³-hybridized carbons (Fsp3) is 0.0909. The highest BCUT2D eigenvalue weighted by atomic mass is 32.2. The summed E-state index contributed by atoms with van der Waals surface area (Å²) in [6.45, 7) is 0. The summed E-state index contributed by atoms with van der Waals surface area (Å²) in [5, 5.41) is 2.12. The molecule has 3 aromatic carbocycles. The van der Waals surface area contributed by atoms with Crippen LogP contribution in [0.15, 0.2) is 77.7 Å². The van der Waals surface area contributed by atoms with Gasteiger partial charge in [-0.15, -0.1) is 11.8 Å². The van der Waals surface area contributed by atoms with Gasteiger partial charge in [-0.05, 0) is 46.4 Å². The summed E-state index contributed by atoms with van der Waals surface area (Å²) in [7, 11) is 0. The number of nitrogens with one attached hydrogen (secondary N) is 2. The molecule has 0 atom stereocenters. The van der Waals surface area contributed by atoms with Gasteiger partial charge in [0.25, 0.3) is 5.91 Å². The molecule has 0 heterocycles. The number of hydrazine groups is 1. The Kier molecular flexibility index (Phi) is 6.28. The van der Waals surface area contributed by atoms with Crippen LogP contribution in [0.2, 0.25) is 0 Å². The van der Waals surface area contributed by atoms with E-state index in [1.54, 1.807) is 17.8 Å². The lowest BCUT2D eigenvalue weighted by Crippen LogP contribution is -2.41. The van der Waals surface area contributed by atoms with Crippen molar-refractivity contribution in [2.75, 3.05) is 6.26 Å². The highest BCUT2D eigenvalue weighted by Gasteiger charge is 2.07. The Hall–Kier alpha value is -3.05. The maximum Gasteiger partial charge on any atom is 0.262 e. The quantitative estimate of drug-likeness (QED) is 0.402. The predicted octanol–water partition coefficient (Wildman–Crippen LogP) is 3.97. The van der Waals surface area contributed by atoms with E-state index in [1.165, 1.54) is 6.08 Å². The molecule has 5 heteroatoms. The van der Waals surface area contributed by atoms with Crippen LogP contribution in [0.4, 0.5) is 0 Å². The summed E-state index contributed by atoms with van der Waals surface area (Å²) in [4.78, 5) is 25.2.